The SMILES string of the molecule is O=C(Nc1cccnc1)N(CCCO)Cc1ccc(Cl)c(Cl)c1. The Morgan fingerprint density at radius 2 is 2.09 bits per heavy atom. The van der Waals surface area contributed by atoms with Crippen molar-refractivity contribution < 1.29 is 9.90 Å². The Morgan fingerprint density at radius 3 is 2.74 bits per heavy atom. The number of amides is 2. The van der Waals surface area contributed by atoms with Crippen LogP contribution in [0.25, 0.3) is 0 Å². The number of aliphatic hydroxyl groups excluding tert-OH is 1. The van der Waals surface area contributed by atoms with Gasteiger partial charge >= 0.3 is 6.03 Å². The number of carbonyl (C=O) groups is 1. The lowest BCUT2D eigenvalue weighted by molar-refractivity contribution is 0.199. The van der Waals surface area contributed by atoms with Crippen LogP contribution in [-0.4, -0.2) is 34.2 Å². The summed E-state index contributed by atoms with van der Waals surface area (Å²) in [5, 5.41) is 12.7. The minimum Gasteiger partial charge on any atom is -0.396 e. The number of pyridine rings is 1. The number of nitrogens with one attached hydrogen (secondary N) is 1. The topological polar surface area (TPSA) is 65.5 Å². The number of rotatable bonds is 6. The molecule has 1 aromatic carbocycles. The van der Waals surface area contributed by atoms with Gasteiger partial charge in [0.25, 0.3) is 0 Å². The first-order chi connectivity index (χ1) is 11.1. The molecule has 23 heavy (non-hydrogen) atoms. The number of benzene rings is 1. The summed E-state index contributed by atoms with van der Waals surface area (Å²) in [6.07, 6.45) is 3.69. The largest absolute Gasteiger partial charge is 0.396 e. The van der Waals surface area contributed by atoms with Gasteiger partial charge in [0.15, 0.2) is 0 Å². The number of halogens is 2. The number of hydrogen-bond donors (Lipinski definition) is 2. The summed E-state index contributed by atoms with van der Waals surface area (Å²) in [6.45, 7) is 0.796. The molecular weight excluding hydrogens is 337 g/mol. The molecule has 0 atom stereocenters. The normalized spacial score (nSPS) is 10.4. The second kappa shape index (κ2) is 8.72. The molecule has 0 radical (unpaired) electrons. The summed E-state index contributed by atoms with van der Waals surface area (Å²) in [5.74, 6) is 0. The molecule has 1 heterocycles. The van der Waals surface area contributed by atoms with E-state index < -0.39 is 0 Å². The molecule has 0 unspecified atom stereocenters. The molecule has 2 rings (SSSR count). The Bertz CT molecular complexity index is 653. The van der Waals surface area contributed by atoms with E-state index in [0.717, 1.165) is 5.56 Å². The van der Waals surface area contributed by atoms with E-state index in [1.54, 1.807) is 41.6 Å². The molecule has 1 aromatic heterocycles. The van der Waals surface area contributed by atoms with Crippen molar-refractivity contribution in [2.45, 2.75) is 13.0 Å². The van der Waals surface area contributed by atoms with Crippen molar-refractivity contribution in [2.24, 2.45) is 0 Å². The van der Waals surface area contributed by atoms with Crippen LogP contribution in [0, 0.1) is 0 Å². The fraction of sp³-hybridized carbons (Fsp3) is 0.250. The number of urea groups is 1. The summed E-state index contributed by atoms with van der Waals surface area (Å²) in [4.78, 5) is 18.0. The number of anilines is 1. The third kappa shape index (κ3) is 5.39. The maximum Gasteiger partial charge on any atom is 0.322 e. The molecule has 0 aliphatic carbocycles. The monoisotopic (exact) mass is 353 g/mol. The van der Waals surface area contributed by atoms with Crippen LogP contribution >= 0.6 is 23.2 Å². The third-order valence-electron chi connectivity index (χ3n) is 3.14. The van der Waals surface area contributed by atoms with Crippen molar-refractivity contribution in [1.29, 1.82) is 0 Å². The molecule has 2 aromatic rings. The van der Waals surface area contributed by atoms with Crippen molar-refractivity contribution >= 4 is 34.9 Å². The average Bonchev–Trinajstić information content (AvgIpc) is 2.55. The van der Waals surface area contributed by atoms with Crippen LogP contribution in [0.3, 0.4) is 0 Å². The molecule has 0 saturated carbocycles. The second-order valence-corrected chi connectivity index (χ2v) is 5.73. The van der Waals surface area contributed by atoms with E-state index in [1.807, 2.05) is 6.07 Å². The maximum absolute atomic E-state index is 12.4. The van der Waals surface area contributed by atoms with Crippen molar-refractivity contribution in [3.63, 3.8) is 0 Å². The summed E-state index contributed by atoms with van der Waals surface area (Å²) in [7, 11) is 0. The molecule has 2 amide bonds. The molecule has 0 fully saturated rings. The molecule has 7 heteroatoms. The summed E-state index contributed by atoms with van der Waals surface area (Å²) in [5.41, 5.74) is 1.47. The fourth-order valence-corrected chi connectivity index (χ4v) is 2.33. The van der Waals surface area contributed by atoms with Gasteiger partial charge in [0.1, 0.15) is 0 Å². The molecule has 0 saturated heterocycles. The van der Waals surface area contributed by atoms with Crippen LogP contribution in [0.4, 0.5) is 10.5 Å². The predicted molar refractivity (Wildman–Crippen MR) is 91.8 cm³/mol. The first kappa shape index (κ1) is 17.5. The van der Waals surface area contributed by atoms with E-state index in [2.05, 4.69) is 10.3 Å². The molecule has 0 aliphatic rings. The molecular formula is C16H17Cl2N3O2. The van der Waals surface area contributed by atoms with E-state index in [4.69, 9.17) is 28.3 Å². The maximum atomic E-state index is 12.4. The third-order valence-corrected chi connectivity index (χ3v) is 3.88. The van der Waals surface area contributed by atoms with Gasteiger partial charge in [-0.15, -0.1) is 0 Å². The van der Waals surface area contributed by atoms with E-state index >= 15 is 0 Å². The zero-order valence-corrected chi connectivity index (χ0v) is 13.9. The van der Waals surface area contributed by atoms with Crippen LogP contribution in [0.15, 0.2) is 42.7 Å². The molecule has 0 bridgehead atoms. The Hall–Kier alpha value is -1.82. The van der Waals surface area contributed by atoms with Gasteiger partial charge in [0.05, 0.1) is 21.9 Å². The second-order valence-electron chi connectivity index (χ2n) is 4.92. The Balaban J connectivity index is 2.08. The van der Waals surface area contributed by atoms with Crippen molar-refractivity contribution in [3.8, 4) is 0 Å². The van der Waals surface area contributed by atoms with Gasteiger partial charge in [0.2, 0.25) is 0 Å². The standard InChI is InChI=1S/C16H17Cl2N3O2/c17-14-5-4-12(9-15(14)18)11-21(7-2-8-22)16(23)20-13-3-1-6-19-10-13/h1,3-6,9-10,22H,2,7-8,11H2,(H,20,23). The van der Waals surface area contributed by atoms with E-state index in [9.17, 15) is 4.79 Å². The number of nitrogens with zero attached hydrogens (tertiary/aromatic N) is 2. The number of aromatic nitrogens is 1. The molecule has 0 spiro atoms. The Labute approximate surface area is 144 Å². The van der Waals surface area contributed by atoms with Crippen LogP contribution in [-0.2, 0) is 6.54 Å². The van der Waals surface area contributed by atoms with Gasteiger partial charge in [-0.25, -0.2) is 4.79 Å². The van der Waals surface area contributed by atoms with Crippen molar-refractivity contribution in [1.82, 2.24) is 9.88 Å². The van der Waals surface area contributed by atoms with Crippen molar-refractivity contribution in [3.05, 3.63) is 58.3 Å². The van der Waals surface area contributed by atoms with E-state index in [1.165, 1.54) is 0 Å². The van der Waals surface area contributed by atoms with Crippen LogP contribution in [0.2, 0.25) is 10.0 Å². The fourth-order valence-electron chi connectivity index (χ4n) is 2.01. The van der Waals surface area contributed by atoms with Crippen LogP contribution in [0.1, 0.15) is 12.0 Å². The van der Waals surface area contributed by atoms with E-state index in [-0.39, 0.29) is 12.6 Å². The van der Waals surface area contributed by atoms with Crippen LogP contribution in [0.5, 0.6) is 0 Å². The minimum absolute atomic E-state index is 0.0120. The van der Waals surface area contributed by atoms with Crippen molar-refractivity contribution in [2.75, 3.05) is 18.5 Å². The smallest absolute Gasteiger partial charge is 0.322 e. The summed E-state index contributed by atoms with van der Waals surface area (Å²) in [6, 6.07) is 8.48. The number of aliphatic hydroxyl groups is 1. The minimum atomic E-state index is -0.266. The van der Waals surface area contributed by atoms with Gasteiger partial charge in [-0.2, -0.15) is 0 Å². The lowest BCUT2D eigenvalue weighted by Crippen LogP contribution is -2.35. The molecule has 5 nitrogen and oxygen atoms in total. The quantitative estimate of drug-likeness (QED) is 0.829. The highest BCUT2D eigenvalue weighted by atomic mass is 35.5. The van der Waals surface area contributed by atoms with Gasteiger partial charge in [-0.3, -0.25) is 4.98 Å². The summed E-state index contributed by atoms with van der Waals surface area (Å²) >= 11 is 11.9. The first-order valence-corrected chi connectivity index (χ1v) is 7.86. The zero-order valence-electron chi connectivity index (χ0n) is 12.4. The Kier molecular flexibility index (Phi) is 6.65. The van der Waals surface area contributed by atoms with Crippen LogP contribution < -0.4 is 5.32 Å². The van der Waals surface area contributed by atoms with Gasteiger partial charge < -0.3 is 15.3 Å². The lowest BCUT2D eigenvalue weighted by Gasteiger charge is -2.23. The highest BCUT2D eigenvalue weighted by Crippen LogP contribution is 2.23. The first-order valence-electron chi connectivity index (χ1n) is 7.11. The molecule has 0 aliphatic heterocycles. The van der Waals surface area contributed by atoms with E-state index in [0.29, 0.717) is 35.2 Å². The highest BCUT2D eigenvalue weighted by molar-refractivity contribution is 6.42. The molecule has 122 valence electrons. The van der Waals surface area contributed by atoms with Gasteiger partial charge in [-0.1, -0.05) is 29.3 Å². The number of carbonyl (C=O) groups excluding carboxylic acids is 1. The average molecular weight is 354 g/mol. The Morgan fingerprint density at radius 1 is 1.26 bits per heavy atom. The number of hydrogen-bond acceptors (Lipinski definition) is 3. The van der Waals surface area contributed by atoms with Gasteiger partial charge in [-0.05, 0) is 36.2 Å². The zero-order chi connectivity index (χ0) is 16.7. The van der Waals surface area contributed by atoms with Gasteiger partial charge in [0, 0.05) is 25.9 Å². The highest BCUT2D eigenvalue weighted by Gasteiger charge is 2.14. The predicted octanol–water partition coefficient (Wildman–Crippen LogP) is 3.80. The summed E-state index contributed by atoms with van der Waals surface area (Å²) < 4.78 is 0. The lowest BCUT2D eigenvalue weighted by atomic mass is 10.2. The molecule has 2 N–H and O–H groups in total.